The maximum Gasteiger partial charge on any atom is 0.257 e. The molecule has 0 aliphatic rings. The highest BCUT2D eigenvalue weighted by atomic mass is 35.5. The molecule has 0 unspecified atom stereocenters. The Bertz CT molecular complexity index is 607. The molecule has 1 aromatic rings. The molecule has 6 nitrogen and oxygen atoms in total. The number of hydrogen-bond donors (Lipinski definition) is 2. The lowest BCUT2D eigenvalue weighted by molar-refractivity contribution is -0.126. The normalized spacial score (nSPS) is 12.0. The highest BCUT2D eigenvalue weighted by molar-refractivity contribution is 6.30. The Labute approximate surface area is 160 Å². The number of rotatable bonds is 10. The van der Waals surface area contributed by atoms with E-state index >= 15 is 0 Å². The SMILES string of the molecule is C=C(CCNC(=O)COc1ccc(Cl)cc1)NC(=O)[C@@H](C(C)C)N(C)C. The summed E-state index contributed by atoms with van der Waals surface area (Å²) in [5, 5.41) is 6.15. The van der Waals surface area contributed by atoms with Gasteiger partial charge in [0.15, 0.2) is 6.61 Å². The molecule has 0 heterocycles. The topological polar surface area (TPSA) is 70.7 Å². The Balaban J connectivity index is 2.29. The minimum atomic E-state index is -0.243. The molecule has 0 saturated heterocycles. The molecule has 1 atom stereocenters. The van der Waals surface area contributed by atoms with Gasteiger partial charge in [-0.3, -0.25) is 14.5 Å². The van der Waals surface area contributed by atoms with Crippen molar-refractivity contribution in [2.75, 3.05) is 27.2 Å². The third-order valence-corrected chi connectivity index (χ3v) is 3.94. The van der Waals surface area contributed by atoms with Crippen molar-refractivity contribution in [3.8, 4) is 5.75 Å². The summed E-state index contributed by atoms with van der Waals surface area (Å²) in [5.41, 5.74) is 0.571. The van der Waals surface area contributed by atoms with Gasteiger partial charge in [-0.05, 0) is 44.3 Å². The van der Waals surface area contributed by atoms with E-state index in [0.717, 1.165) is 0 Å². The predicted octanol–water partition coefficient (Wildman–Crippen LogP) is 2.44. The van der Waals surface area contributed by atoms with E-state index in [9.17, 15) is 9.59 Å². The van der Waals surface area contributed by atoms with Crippen molar-refractivity contribution in [3.05, 3.63) is 41.6 Å². The maximum absolute atomic E-state index is 12.3. The number of carbonyl (C=O) groups excluding carboxylic acids is 2. The van der Waals surface area contributed by atoms with Gasteiger partial charge in [0.2, 0.25) is 5.91 Å². The second kappa shape index (κ2) is 10.8. The third kappa shape index (κ3) is 7.89. The van der Waals surface area contributed by atoms with Crippen molar-refractivity contribution in [1.82, 2.24) is 15.5 Å². The molecule has 0 fully saturated rings. The number of hydrogen-bond acceptors (Lipinski definition) is 4. The zero-order valence-corrected chi connectivity index (χ0v) is 16.6. The summed E-state index contributed by atoms with van der Waals surface area (Å²) in [6, 6.07) is 6.56. The van der Waals surface area contributed by atoms with Gasteiger partial charge in [-0.15, -0.1) is 0 Å². The Kier molecular flexibility index (Phi) is 9.16. The number of carbonyl (C=O) groups is 2. The first-order valence-corrected chi connectivity index (χ1v) is 8.88. The number of nitrogens with zero attached hydrogens (tertiary/aromatic N) is 1. The van der Waals surface area contributed by atoms with E-state index in [2.05, 4.69) is 17.2 Å². The molecule has 0 spiro atoms. The summed E-state index contributed by atoms with van der Waals surface area (Å²) in [5.74, 6) is 0.423. The number of benzene rings is 1. The molecule has 0 bridgehead atoms. The first-order chi connectivity index (χ1) is 12.2. The first kappa shape index (κ1) is 22.0. The van der Waals surface area contributed by atoms with E-state index in [1.165, 1.54) is 0 Å². The van der Waals surface area contributed by atoms with E-state index < -0.39 is 0 Å². The van der Waals surface area contributed by atoms with Crippen LogP contribution in [0.25, 0.3) is 0 Å². The van der Waals surface area contributed by atoms with E-state index in [0.29, 0.717) is 29.4 Å². The fourth-order valence-electron chi connectivity index (χ4n) is 2.53. The van der Waals surface area contributed by atoms with Gasteiger partial charge in [0.05, 0.1) is 6.04 Å². The Hall–Kier alpha value is -2.05. The van der Waals surface area contributed by atoms with E-state index in [1.807, 2.05) is 32.8 Å². The smallest absolute Gasteiger partial charge is 0.257 e. The molecule has 1 aromatic carbocycles. The summed E-state index contributed by atoms with van der Waals surface area (Å²) in [6.07, 6.45) is 0.455. The van der Waals surface area contributed by atoms with Gasteiger partial charge in [0, 0.05) is 23.7 Å². The molecule has 0 radical (unpaired) electrons. The molecular formula is C19H28ClN3O3. The molecule has 0 aliphatic heterocycles. The van der Waals surface area contributed by atoms with Crippen molar-refractivity contribution in [2.45, 2.75) is 26.3 Å². The summed E-state index contributed by atoms with van der Waals surface area (Å²) in [4.78, 5) is 26.0. The van der Waals surface area contributed by atoms with Gasteiger partial charge in [0.25, 0.3) is 5.91 Å². The van der Waals surface area contributed by atoms with Crippen LogP contribution in [0.5, 0.6) is 5.75 Å². The Morgan fingerprint density at radius 1 is 1.23 bits per heavy atom. The molecule has 144 valence electrons. The van der Waals surface area contributed by atoms with Crippen molar-refractivity contribution >= 4 is 23.4 Å². The lowest BCUT2D eigenvalue weighted by atomic mass is 10.0. The van der Waals surface area contributed by atoms with Crippen molar-refractivity contribution in [2.24, 2.45) is 5.92 Å². The maximum atomic E-state index is 12.3. The van der Waals surface area contributed by atoms with Crippen LogP contribution >= 0.6 is 11.6 Å². The number of halogens is 1. The lowest BCUT2D eigenvalue weighted by Gasteiger charge is -2.27. The van der Waals surface area contributed by atoms with Gasteiger partial charge in [-0.2, -0.15) is 0 Å². The number of amides is 2. The van der Waals surface area contributed by atoms with Crippen LogP contribution in [0.15, 0.2) is 36.5 Å². The van der Waals surface area contributed by atoms with E-state index in [1.54, 1.807) is 24.3 Å². The second-order valence-electron chi connectivity index (χ2n) is 6.59. The van der Waals surface area contributed by atoms with Crippen LogP contribution in [0.4, 0.5) is 0 Å². The molecule has 0 saturated carbocycles. The van der Waals surface area contributed by atoms with Gasteiger partial charge >= 0.3 is 0 Å². The molecule has 1 rings (SSSR count). The molecule has 7 heteroatoms. The quantitative estimate of drug-likeness (QED) is 0.653. The molecule has 2 amide bonds. The Morgan fingerprint density at radius 3 is 2.38 bits per heavy atom. The highest BCUT2D eigenvalue weighted by Gasteiger charge is 2.24. The third-order valence-electron chi connectivity index (χ3n) is 3.69. The molecule has 0 aromatic heterocycles. The van der Waals surface area contributed by atoms with Gasteiger partial charge in [-0.25, -0.2) is 0 Å². The van der Waals surface area contributed by atoms with Crippen LogP contribution in [0, 0.1) is 5.92 Å². The molecular weight excluding hydrogens is 354 g/mol. The van der Waals surface area contributed by atoms with Crippen molar-refractivity contribution < 1.29 is 14.3 Å². The largest absolute Gasteiger partial charge is 0.484 e. The average Bonchev–Trinajstić information content (AvgIpc) is 2.53. The van der Waals surface area contributed by atoms with Crippen LogP contribution in [-0.2, 0) is 9.59 Å². The second-order valence-corrected chi connectivity index (χ2v) is 7.02. The van der Waals surface area contributed by atoms with Crippen LogP contribution < -0.4 is 15.4 Å². The Morgan fingerprint density at radius 2 is 1.85 bits per heavy atom. The standard InChI is InChI=1S/C19H28ClN3O3/c1-13(2)18(23(4)5)19(25)22-14(3)10-11-21-17(24)12-26-16-8-6-15(20)7-9-16/h6-9,13,18H,3,10-12H2,1-2,4-5H3,(H,21,24)(H,22,25)/t18-/m1/s1. The lowest BCUT2D eigenvalue weighted by Crippen LogP contribution is -2.46. The minimum Gasteiger partial charge on any atom is -0.484 e. The number of likely N-dealkylation sites (N-methyl/N-ethyl adjacent to an activating group) is 1. The van der Waals surface area contributed by atoms with Crippen molar-refractivity contribution in [3.63, 3.8) is 0 Å². The first-order valence-electron chi connectivity index (χ1n) is 8.50. The number of nitrogens with one attached hydrogen (secondary N) is 2. The highest BCUT2D eigenvalue weighted by Crippen LogP contribution is 2.15. The monoisotopic (exact) mass is 381 g/mol. The minimum absolute atomic E-state index is 0.0868. The van der Waals surface area contributed by atoms with E-state index in [4.69, 9.17) is 16.3 Å². The van der Waals surface area contributed by atoms with Gasteiger partial charge < -0.3 is 15.4 Å². The zero-order valence-electron chi connectivity index (χ0n) is 15.8. The van der Waals surface area contributed by atoms with Gasteiger partial charge in [-0.1, -0.05) is 32.0 Å². The predicted molar refractivity (Wildman–Crippen MR) is 104 cm³/mol. The van der Waals surface area contributed by atoms with Crippen LogP contribution in [0.3, 0.4) is 0 Å². The zero-order chi connectivity index (χ0) is 19.7. The van der Waals surface area contributed by atoms with E-state index in [-0.39, 0.29) is 30.4 Å². The fraction of sp³-hybridized carbons (Fsp3) is 0.474. The van der Waals surface area contributed by atoms with Crippen molar-refractivity contribution in [1.29, 1.82) is 0 Å². The molecule has 2 N–H and O–H groups in total. The summed E-state index contributed by atoms with van der Waals surface area (Å²) in [7, 11) is 3.74. The number of ether oxygens (including phenoxy) is 1. The summed E-state index contributed by atoms with van der Waals surface area (Å²) in [6.45, 7) is 8.12. The van der Waals surface area contributed by atoms with Gasteiger partial charge in [0.1, 0.15) is 5.75 Å². The summed E-state index contributed by atoms with van der Waals surface area (Å²) >= 11 is 5.79. The molecule has 0 aliphatic carbocycles. The molecule has 26 heavy (non-hydrogen) atoms. The van der Waals surface area contributed by atoms with Crippen LogP contribution in [-0.4, -0.2) is 50.0 Å². The van der Waals surface area contributed by atoms with Crippen LogP contribution in [0.2, 0.25) is 5.02 Å². The average molecular weight is 382 g/mol. The summed E-state index contributed by atoms with van der Waals surface area (Å²) < 4.78 is 5.36. The van der Waals surface area contributed by atoms with Crippen LogP contribution in [0.1, 0.15) is 20.3 Å². The fourth-order valence-corrected chi connectivity index (χ4v) is 2.65.